The van der Waals surface area contributed by atoms with Gasteiger partial charge in [0.05, 0.1) is 33.3 Å². The number of benzene rings is 2. The number of oxime groups is 1. The van der Waals surface area contributed by atoms with Crippen LogP contribution in [0.4, 0.5) is 10.1 Å². The Morgan fingerprint density at radius 2 is 2.11 bits per heavy atom. The van der Waals surface area contributed by atoms with Crippen molar-refractivity contribution in [3.63, 3.8) is 0 Å². The molecule has 0 aromatic heterocycles. The Labute approximate surface area is 168 Å². The predicted octanol–water partition coefficient (Wildman–Crippen LogP) is 5.92. The first-order chi connectivity index (χ1) is 12.9. The van der Waals surface area contributed by atoms with Crippen molar-refractivity contribution in [3.8, 4) is 0 Å². The number of nitrogens with zero attached hydrogens (tertiary/aromatic N) is 3. The molecule has 1 aliphatic heterocycles. The van der Waals surface area contributed by atoms with Gasteiger partial charge in [-0.2, -0.15) is 0 Å². The molecule has 0 aliphatic carbocycles. The van der Waals surface area contributed by atoms with E-state index in [4.69, 9.17) is 28.0 Å². The second-order valence-corrected chi connectivity index (χ2v) is 7.23. The lowest BCUT2D eigenvalue weighted by atomic mass is 9.96. The van der Waals surface area contributed by atoms with Gasteiger partial charge >= 0.3 is 0 Å². The third-order valence-corrected chi connectivity index (χ3v) is 5.11. The fourth-order valence-corrected chi connectivity index (χ4v) is 3.33. The fourth-order valence-electron chi connectivity index (χ4n) is 2.84. The van der Waals surface area contributed by atoms with Crippen LogP contribution in [-0.2, 0) is 4.84 Å². The highest BCUT2D eigenvalue weighted by molar-refractivity contribution is 6.34. The second kappa shape index (κ2) is 8.28. The van der Waals surface area contributed by atoms with Crippen LogP contribution in [0.2, 0.25) is 10.0 Å². The lowest BCUT2D eigenvalue weighted by Crippen LogP contribution is -2.14. The average Bonchev–Trinajstić information content (AvgIpc) is 3.11. The van der Waals surface area contributed by atoms with E-state index in [-0.39, 0.29) is 11.7 Å². The van der Waals surface area contributed by atoms with Crippen LogP contribution in [0, 0.1) is 12.7 Å². The van der Waals surface area contributed by atoms with Crippen LogP contribution >= 0.6 is 23.2 Å². The van der Waals surface area contributed by atoms with Crippen molar-refractivity contribution in [2.45, 2.75) is 26.4 Å². The Balaban J connectivity index is 1.83. The van der Waals surface area contributed by atoms with Gasteiger partial charge in [-0.1, -0.05) is 34.4 Å². The van der Waals surface area contributed by atoms with Crippen molar-refractivity contribution in [1.29, 1.82) is 0 Å². The maximum absolute atomic E-state index is 14.1. The van der Waals surface area contributed by atoms with Crippen LogP contribution in [-0.4, -0.2) is 30.5 Å². The largest absolute Gasteiger partial charge is 0.387 e. The van der Waals surface area contributed by atoms with E-state index in [0.717, 1.165) is 17.7 Å². The van der Waals surface area contributed by atoms with Gasteiger partial charge in [0.15, 0.2) is 6.10 Å². The molecular formula is C20H20Cl2FN3O. The molecule has 0 radical (unpaired) electrons. The van der Waals surface area contributed by atoms with Crippen molar-refractivity contribution in [1.82, 2.24) is 4.90 Å². The lowest BCUT2D eigenvalue weighted by Gasteiger charge is -2.14. The summed E-state index contributed by atoms with van der Waals surface area (Å²) in [5.74, 6) is -0.412. The second-order valence-electron chi connectivity index (χ2n) is 6.41. The molecule has 2 aromatic rings. The van der Waals surface area contributed by atoms with Gasteiger partial charge in [-0.15, -0.1) is 0 Å². The Kier molecular flexibility index (Phi) is 6.02. The smallest absolute Gasteiger partial charge is 0.158 e. The number of aliphatic imine (C=N–C) groups is 1. The van der Waals surface area contributed by atoms with Gasteiger partial charge in [-0.25, -0.2) is 9.38 Å². The first-order valence-corrected chi connectivity index (χ1v) is 9.37. The molecule has 0 amide bonds. The van der Waals surface area contributed by atoms with Crippen molar-refractivity contribution in [2.75, 3.05) is 13.6 Å². The van der Waals surface area contributed by atoms with Crippen LogP contribution < -0.4 is 0 Å². The van der Waals surface area contributed by atoms with E-state index in [0.29, 0.717) is 27.9 Å². The first-order valence-electron chi connectivity index (χ1n) is 8.62. The number of hydrogen-bond acceptors (Lipinski definition) is 3. The molecule has 2 aromatic carbocycles. The Morgan fingerprint density at radius 3 is 2.81 bits per heavy atom. The summed E-state index contributed by atoms with van der Waals surface area (Å²) in [6, 6.07) is 8.31. The zero-order valence-electron chi connectivity index (χ0n) is 15.3. The van der Waals surface area contributed by atoms with Gasteiger partial charge in [-0.3, -0.25) is 0 Å². The molecule has 0 N–H and O–H groups in total. The van der Waals surface area contributed by atoms with Crippen LogP contribution in [0.5, 0.6) is 0 Å². The van der Waals surface area contributed by atoms with Crippen molar-refractivity contribution in [2.24, 2.45) is 10.1 Å². The first kappa shape index (κ1) is 19.6. The summed E-state index contributed by atoms with van der Waals surface area (Å²) in [7, 11) is 1.94. The minimum Gasteiger partial charge on any atom is -0.387 e. The molecule has 1 heterocycles. The van der Waals surface area contributed by atoms with E-state index in [1.807, 2.05) is 37.9 Å². The van der Waals surface area contributed by atoms with Gasteiger partial charge < -0.3 is 9.74 Å². The number of hydrogen-bond donors (Lipinski definition) is 0. The minimum absolute atomic E-state index is 0.286. The van der Waals surface area contributed by atoms with E-state index in [1.54, 1.807) is 18.5 Å². The van der Waals surface area contributed by atoms with Crippen LogP contribution in [0.3, 0.4) is 0 Å². The van der Waals surface area contributed by atoms with Crippen LogP contribution in [0.15, 0.2) is 40.5 Å². The summed E-state index contributed by atoms with van der Waals surface area (Å²) in [5, 5.41) is 4.90. The van der Waals surface area contributed by atoms with Crippen molar-refractivity contribution < 1.29 is 9.23 Å². The van der Waals surface area contributed by atoms with Gasteiger partial charge in [0, 0.05) is 20.0 Å². The highest BCUT2D eigenvalue weighted by Crippen LogP contribution is 2.37. The van der Waals surface area contributed by atoms with Gasteiger partial charge in [0.2, 0.25) is 0 Å². The molecule has 0 saturated carbocycles. The van der Waals surface area contributed by atoms with Crippen LogP contribution in [0.25, 0.3) is 0 Å². The third-order valence-electron chi connectivity index (χ3n) is 4.50. The Hall–Kier alpha value is -2.11. The maximum Gasteiger partial charge on any atom is 0.158 e. The Bertz CT molecular complexity index is 894. The third kappa shape index (κ3) is 4.25. The van der Waals surface area contributed by atoms with E-state index >= 15 is 0 Å². The summed E-state index contributed by atoms with van der Waals surface area (Å²) >= 11 is 12.5. The Morgan fingerprint density at radius 1 is 1.33 bits per heavy atom. The summed E-state index contributed by atoms with van der Waals surface area (Å²) in [6.07, 6.45) is 1.82. The standard InChI is InChI=1S/C20H20Cl2FN3O/c1-4-26(3)11-24-17-8-12(2)13(9-15(17)22)19-10-18(25-27-19)20-14(21)6-5-7-16(20)23/h5-9,11,19H,4,10H2,1-3H3. The van der Waals surface area contributed by atoms with Crippen LogP contribution in [0.1, 0.15) is 36.1 Å². The maximum atomic E-state index is 14.1. The molecule has 0 spiro atoms. The summed E-state index contributed by atoms with van der Waals surface area (Å²) in [4.78, 5) is 11.9. The number of rotatable bonds is 5. The normalized spacial score (nSPS) is 16.5. The number of aryl methyl sites for hydroxylation is 1. The summed E-state index contributed by atoms with van der Waals surface area (Å²) in [6.45, 7) is 4.86. The van der Waals surface area contributed by atoms with E-state index in [9.17, 15) is 4.39 Å². The average molecular weight is 408 g/mol. The highest BCUT2D eigenvalue weighted by Gasteiger charge is 2.28. The molecule has 3 rings (SSSR count). The quantitative estimate of drug-likeness (QED) is 0.455. The molecule has 27 heavy (non-hydrogen) atoms. The fraction of sp³-hybridized carbons (Fsp3) is 0.300. The zero-order valence-corrected chi connectivity index (χ0v) is 16.9. The topological polar surface area (TPSA) is 37.2 Å². The van der Waals surface area contributed by atoms with Gasteiger partial charge in [-0.05, 0) is 49.2 Å². The molecule has 0 bridgehead atoms. The summed E-state index contributed by atoms with van der Waals surface area (Å²) < 4.78 is 14.1. The summed E-state index contributed by atoms with van der Waals surface area (Å²) in [5.41, 5.74) is 3.34. The molecule has 0 saturated heterocycles. The van der Waals surface area contributed by atoms with Gasteiger partial charge in [0.25, 0.3) is 0 Å². The zero-order chi connectivity index (χ0) is 19.6. The molecule has 7 heteroatoms. The lowest BCUT2D eigenvalue weighted by molar-refractivity contribution is 0.0853. The minimum atomic E-state index is -0.412. The molecular weight excluding hydrogens is 388 g/mol. The SMILES string of the molecule is CCN(C)C=Nc1cc(C)c(C2CC(c3c(F)cccc3Cl)=NO2)cc1Cl. The van der Waals surface area contributed by atoms with Crippen molar-refractivity contribution in [3.05, 3.63) is 62.9 Å². The van der Waals surface area contributed by atoms with Gasteiger partial charge in [0.1, 0.15) is 5.82 Å². The molecule has 1 unspecified atom stereocenters. The van der Waals surface area contributed by atoms with Crippen molar-refractivity contribution >= 4 is 40.9 Å². The predicted molar refractivity (Wildman–Crippen MR) is 109 cm³/mol. The molecule has 0 fully saturated rings. The molecule has 1 atom stereocenters. The number of halogens is 3. The van der Waals surface area contributed by atoms with E-state index in [1.165, 1.54) is 6.07 Å². The molecule has 142 valence electrons. The molecule has 1 aliphatic rings. The van der Waals surface area contributed by atoms with E-state index in [2.05, 4.69) is 10.1 Å². The highest BCUT2D eigenvalue weighted by atomic mass is 35.5. The monoisotopic (exact) mass is 407 g/mol. The van der Waals surface area contributed by atoms with E-state index < -0.39 is 5.82 Å². The molecule has 4 nitrogen and oxygen atoms in total.